The average Bonchev–Trinajstić information content (AvgIpc) is 3.26. The van der Waals surface area contributed by atoms with Crippen LogP contribution in [0.4, 0.5) is 14.4 Å². The van der Waals surface area contributed by atoms with Crippen LogP contribution in [0, 0.1) is 0 Å². The number of alkyl carbamates (subject to hydrolysis) is 1. The van der Waals surface area contributed by atoms with E-state index in [1.807, 2.05) is 30.3 Å². The smallest absolute Gasteiger partial charge is 0.420 e. The molecule has 1 unspecified atom stereocenters. The van der Waals surface area contributed by atoms with E-state index in [1.54, 1.807) is 62.3 Å². The number of esters is 1. The summed E-state index contributed by atoms with van der Waals surface area (Å²) in [5, 5.41) is 2.91. The van der Waals surface area contributed by atoms with E-state index in [-0.39, 0.29) is 19.1 Å². The maximum absolute atomic E-state index is 13.4. The van der Waals surface area contributed by atoms with Gasteiger partial charge in [0, 0.05) is 19.1 Å². The highest BCUT2D eigenvalue weighted by molar-refractivity contribution is 5.94. The normalized spacial score (nSPS) is 16.7. The van der Waals surface area contributed by atoms with Crippen LogP contribution in [-0.4, -0.2) is 82.6 Å². The summed E-state index contributed by atoms with van der Waals surface area (Å²) in [6.07, 6.45) is -1.07. The molecule has 2 atom stereocenters. The molecule has 2 rings (SSSR count). The molecule has 0 spiro atoms. The molecule has 0 aliphatic carbocycles. The van der Waals surface area contributed by atoms with E-state index >= 15 is 0 Å². The molecule has 3 amide bonds. The Bertz CT molecular complexity index is 1030. The molecule has 1 fully saturated rings. The van der Waals surface area contributed by atoms with E-state index in [0.29, 0.717) is 19.5 Å². The summed E-state index contributed by atoms with van der Waals surface area (Å²) in [4.78, 5) is 55.0. The highest BCUT2D eigenvalue weighted by Crippen LogP contribution is 2.22. The summed E-state index contributed by atoms with van der Waals surface area (Å²) in [7, 11) is 0. The molecule has 1 aliphatic heterocycles. The van der Waals surface area contributed by atoms with Gasteiger partial charge in [-0.05, 0) is 93.7 Å². The van der Waals surface area contributed by atoms with Gasteiger partial charge in [-0.15, -0.1) is 0 Å². The van der Waals surface area contributed by atoms with Gasteiger partial charge in [-0.2, -0.15) is 4.90 Å². The number of rotatable bonds is 9. The van der Waals surface area contributed by atoms with Gasteiger partial charge in [0.05, 0.1) is 0 Å². The van der Waals surface area contributed by atoms with Gasteiger partial charge in [0.2, 0.25) is 0 Å². The molecular formula is C31H49N3O8. The molecule has 1 N–H and O–H groups in total. The monoisotopic (exact) mass is 591 g/mol. The molecule has 1 saturated heterocycles. The SMILES string of the molecule is CC(C)(C)OC(=O)[C@H](CCCN1CCC(NC(=O)OCc2ccccc2)C1)N(C(=O)OC(C)(C)C)C(=O)OC(C)(C)C. The minimum Gasteiger partial charge on any atom is -0.458 e. The van der Waals surface area contributed by atoms with Gasteiger partial charge >= 0.3 is 24.2 Å². The standard InChI is InChI=1S/C31H49N3O8/c1-29(2,3)40-25(35)24(34(27(37)41-30(4,5)6)28(38)42-31(7,8)9)16-13-18-33-19-17-23(20-33)32-26(36)39-21-22-14-11-10-12-15-22/h10-12,14-15,23-24H,13,16-21H2,1-9H3,(H,32,36)/t23?,24-/m0/s1. The van der Waals surface area contributed by atoms with Crippen LogP contribution in [0.3, 0.4) is 0 Å². The lowest BCUT2D eigenvalue weighted by atomic mass is 10.1. The Morgan fingerprint density at radius 3 is 1.95 bits per heavy atom. The number of carbonyl (C=O) groups is 4. The summed E-state index contributed by atoms with van der Waals surface area (Å²) >= 11 is 0. The number of ether oxygens (including phenoxy) is 4. The number of amides is 3. The quantitative estimate of drug-likeness (QED) is 0.287. The van der Waals surface area contributed by atoms with Crippen LogP contribution in [0.5, 0.6) is 0 Å². The summed E-state index contributed by atoms with van der Waals surface area (Å²) in [6.45, 7) is 17.3. The van der Waals surface area contributed by atoms with E-state index in [4.69, 9.17) is 18.9 Å². The maximum atomic E-state index is 13.4. The number of likely N-dealkylation sites (tertiary alicyclic amines) is 1. The molecule has 1 aliphatic rings. The van der Waals surface area contributed by atoms with Crippen molar-refractivity contribution in [1.82, 2.24) is 15.1 Å². The molecule has 1 aromatic rings. The van der Waals surface area contributed by atoms with Crippen LogP contribution in [-0.2, 0) is 30.3 Å². The number of carbonyl (C=O) groups excluding carboxylic acids is 4. The third-order valence-corrected chi connectivity index (χ3v) is 5.93. The molecule has 0 aromatic heterocycles. The van der Waals surface area contributed by atoms with E-state index in [0.717, 1.165) is 23.4 Å². The fourth-order valence-electron chi connectivity index (χ4n) is 4.27. The van der Waals surface area contributed by atoms with Crippen LogP contribution < -0.4 is 5.32 Å². The largest absolute Gasteiger partial charge is 0.458 e. The zero-order chi connectivity index (χ0) is 31.7. The van der Waals surface area contributed by atoms with Crippen molar-refractivity contribution in [1.29, 1.82) is 0 Å². The van der Waals surface area contributed by atoms with Crippen molar-refractivity contribution in [2.75, 3.05) is 19.6 Å². The van der Waals surface area contributed by atoms with Crippen molar-refractivity contribution in [2.45, 2.75) is 117 Å². The Morgan fingerprint density at radius 2 is 1.43 bits per heavy atom. The van der Waals surface area contributed by atoms with Gasteiger partial charge in [-0.3, -0.25) is 0 Å². The lowest BCUT2D eigenvalue weighted by Gasteiger charge is -2.34. The fourth-order valence-corrected chi connectivity index (χ4v) is 4.27. The van der Waals surface area contributed by atoms with Crippen molar-refractivity contribution in [3.05, 3.63) is 35.9 Å². The molecular weight excluding hydrogens is 542 g/mol. The zero-order valence-corrected chi connectivity index (χ0v) is 26.7. The van der Waals surface area contributed by atoms with Gasteiger partial charge < -0.3 is 29.2 Å². The molecule has 42 heavy (non-hydrogen) atoms. The number of hydrogen-bond acceptors (Lipinski definition) is 9. The van der Waals surface area contributed by atoms with Gasteiger partial charge in [-0.25, -0.2) is 19.2 Å². The molecule has 0 bridgehead atoms. The summed E-state index contributed by atoms with van der Waals surface area (Å²) in [5.74, 6) is -0.721. The molecule has 0 saturated carbocycles. The third kappa shape index (κ3) is 13.1. The lowest BCUT2D eigenvalue weighted by Crippen LogP contribution is -2.53. The van der Waals surface area contributed by atoms with Crippen LogP contribution in [0.25, 0.3) is 0 Å². The first-order valence-corrected chi connectivity index (χ1v) is 14.5. The van der Waals surface area contributed by atoms with Crippen molar-refractivity contribution in [3.8, 4) is 0 Å². The molecule has 0 radical (unpaired) electrons. The molecule has 11 heteroatoms. The topological polar surface area (TPSA) is 124 Å². The van der Waals surface area contributed by atoms with E-state index in [1.165, 1.54) is 0 Å². The van der Waals surface area contributed by atoms with Crippen LogP contribution in [0.1, 0.15) is 87.1 Å². The summed E-state index contributed by atoms with van der Waals surface area (Å²) in [5.41, 5.74) is -1.75. The molecule has 1 aromatic carbocycles. The summed E-state index contributed by atoms with van der Waals surface area (Å²) in [6, 6.07) is 8.13. The summed E-state index contributed by atoms with van der Waals surface area (Å²) < 4.78 is 21.9. The first kappa shape index (κ1) is 34.9. The Balaban J connectivity index is 2.05. The number of nitrogens with zero attached hydrogens (tertiary/aromatic N) is 2. The first-order chi connectivity index (χ1) is 19.3. The second-order valence-electron chi connectivity index (χ2n) is 13.5. The van der Waals surface area contributed by atoms with E-state index in [9.17, 15) is 19.2 Å². The number of hydrogen-bond donors (Lipinski definition) is 1. The van der Waals surface area contributed by atoms with Gasteiger partial charge in [-0.1, -0.05) is 30.3 Å². The van der Waals surface area contributed by atoms with Crippen molar-refractivity contribution in [2.24, 2.45) is 0 Å². The average molecular weight is 592 g/mol. The predicted molar refractivity (Wildman–Crippen MR) is 158 cm³/mol. The second-order valence-corrected chi connectivity index (χ2v) is 13.5. The predicted octanol–water partition coefficient (Wildman–Crippen LogP) is 5.65. The lowest BCUT2D eigenvalue weighted by molar-refractivity contribution is -0.161. The van der Waals surface area contributed by atoms with Crippen LogP contribution in [0.15, 0.2) is 30.3 Å². The van der Waals surface area contributed by atoms with Gasteiger partial charge in [0.15, 0.2) is 0 Å². The maximum Gasteiger partial charge on any atom is 0.420 e. The van der Waals surface area contributed by atoms with Crippen LogP contribution >= 0.6 is 0 Å². The van der Waals surface area contributed by atoms with Crippen molar-refractivity contribution < 1.29 is 38.1 Å². The minimum absolute atomic E-state index is 0.0741. The second kappa shape index (κ2) is 14.7. The molecule has 11 nitrogen and oxygen atoms in total. The van der Waals surface area contributed by atoms with Gasteiger partial charge in [0.1, 0.15) is 29.5 Å². The Morgan fingerprint density at radius 1 is 0.881 bits per heavy atom. The van der Waals surface area contributed by atoms with Crippen molar-refractivity contribution >= 4 is 24.2 Å². The Labute approximate surface area is 250 Å². The van der Waals surface area contributed by atoms with Gasteiger partial charge in [0.25, 0.3) is 0 Å². The highest BCUT2D eigenvalue weighted by atomic mass is 16.6. The number of imide groups is 1. The van der Waals surface area contributed by atoms with E-state index in [2.05, 4.69) is 10.2 Å². The number of nitrogens with one attached hydrogen (secondary N) is 1. The first-order valence-electron chi connectivity index (χ1n) is 14.5. The third-order valence-electron chi connectivity index (χ3n) is 5.93. The minimum atomic E-state index is -1.25. The highest BCUT2D eigenvalue weighted by Gasteiger charge is 2.42. The molecule has 236 valence electrons. The van der Waals surface area contributed by atoms with Crippen LogP contribution in [0.2, 0.25) is 0 Å². The zero-order valence-electron chi connectivity index (χ0n) is 26.7. The van der Waals surface area contributed by atoms with Crippen molar-refractivity contribution in [3.63, 3.8) is 0 Å². The fraction of sp³-hybridized carbons (Fsp3) is 0.677. The van der Waals surface area contributed by atoms with E-state index < -0.39 is 47.1 Å². The Kier molecular flexibility index (Phi) is 12.2. The Hall–Kier alpha value is -3.34. The number of benzene rings is 1. The molecule has 1 heterocycles.